The fourth-order valence-corrected chi connectivity index (χ4v) is 2.16. The number of nitro benzene ring substituents is 1. The first-order valence-electron chi connectivity index (χ1n) is 7.92. The highest BCUT2D eigenvalue weighted by Gasteiger charge is 2.18. The number of nitrogens with one attached hydrogen (secondary N) is 1. The number of carbonyl (C=O) groups is 2. The molecule has 1 N–H and O–H groups in total. The lowest BCUT2D eigenvalue weighted by Crippen LogP contribution is -2.20. The highest BCUT2D eigenvalue weighted by Crippen LogP contribution is 2.27. The van der Waals surface area contributed by atoms with Gasteiger partial charge in [0.25, 0.3) is 11.6 Å². The Kier molecular flexibility index (Phi) is 6.37. The minimum absolute atomic E-state index is 0.0333. The van der Waals surface area contributed by atoms with Crippen molar-refractivity contribution >= 4 is 29.3 Å². The zero-order valence-electron chi connectivity index (χ0n) is 14.7. The molecule has 2 aromatic carbocycles. The first-order chi connectivity index (χ1) is 12.8. The molecule has 2 rings (SSSR count). The van der Waals surface area contributed by atoms with Crippen LogP contribution in [0.3, 0.4) is 0 Å². The molecule has 140 valence electrons. The van der Waals surface area contributed by atoms with Crippen LogP contribution >= 0.6 is 0 Å². The second-order valence-corrected chi connectivity index (χ2v) is 5.75. The number of aryl methyl sites for hydroxylation is 2. The Bertz CT molecular complexity index is 907. The zero-order valence-corrected chi connectivity index (χ0v) is 14.7. The number of anilines is 1. The van der Waals surface area contributed by atoms with Gasteiger partial charge in [-0.3, -0.25) is 14.9 Å². The molecule has 0 aliphatic carbocycles. The van der Waals surface area contributed by atoms with Gasteiger partial charge in [-0.05, 0) is 54.8 Å². The highest BCUT2D eigenvalue weighted by molar-refractivity contribution is 5.96. The van der Waals surface area contributed by atoms with Crippen LogP contribution in [0.15, 0.2) is 42.5 Å². The van der Waals surface area contributed by atoms with Gasteiger partial charge in [-0.2, -0.15) is 0 Å². The molecule has 0 atom stereocenters. The van der Waals surface area contributed by atoms with Crippen molar-refractivity contribution in [2.24, 2.45) is 0 Å². The van der Waals surface area contributed by atoms with Crippen LogP contribution < -0.4 is 5.32 Å². The van der Waals surface area contributed by atoms with Crippen LogP contribution in [0.1, 0.15) is 16.7 Å². The second-order valence-electron chi connectivity index (χ2n) is 5.75. The van der Waals surface area contributed by atoms with E-state index in [1.807, 2.05) is 0 Å². The molecule has 0 unspecified atom stereocenters. The van der Waals surface area contributed by atoms with E-state index in [2.05, 4.69) is 5.32 Å². The summed E-state index contributed by atoms with van der Waals surface area (Å²) in [5.74, 6) is -1.87. The molecular weight excluding hydrogens is 355 g/mol. The van der Waals surface area contributed by atoms with Crippen molar-refractivity contribution in [1.29, 1.82) is 0 Å². The standard InChI is InChI=1S/C19H17FN2O5/c1-12-9-16(17(22(25)26)10-13(12)2)21-18(23)11-27-19(24)8-5-14-3-6-15(20)7-4-14/h3-10H,11H2,1-2H3,(H,21,23)/b8-5+. The van der Waals surface area contributed by atoms with E-state index < -0.39 is 29.2 Å². The van der Waals surface area contributed by atoms with Crippen LogP contribution in [0.4, 0.5) is 15.8 Å². The second kappa shape index (κ2) is 8.70. The fraction of sp³-hybridized carbons (Fsp3) is 0.158. The Morgan fingerprint density at radius 3 is 2.44 bits per heavy atom. The largest absolute Gasteiger partial charge is 0.452 e. The SMILES string of the molecule is Cc1cc(NC(=O)COC(=O)/C=C/c2ccc(F)cc2)c([N+](=O)[O-])cc1C. The highest BCUT2D eigenvalue weighted by atomic mass is 19.1. The third kappa shape index (κ3) is 5.74. The number of rotatable bonds is 6. The lowest BCUT2D eigenvalue weighted by atomic mass is 10.1. The first-order valence-corrected chi connectivity index (χ1v) is 7.92. The fourth-order valence-electron chi connectivity index (χ4n) is 2.16. The van der Waals surface area contributed by atoms with E-state index in [9.17, 15) is 24.1 Å². The van der Waals surface area contributed by atoms with E-state index in [0.29, 0.717) is 5.56 Å². The van der Waals surface area contributed by atoms with Gasteiger partial charge in [0.1, 0.15) is 11.5 Å². The number of carbonyl (C=O) groups excluding carboxylic acids is 2. The van der Waals surface area contributed by atoms with Crippen molar-refractivity contribution in [3.05, 3.63) is 75.1 Å². The molecule has 27 heavy (non-hydrogen) atoms. The summed E-state index contributed by atoms with van der Waals surface area (Å²) in [6, 6.07) is 8.29. The average molecular weight is 372 g/mol. The summed E-state index contributed by atoms with van der Waals surface area (Å²) < 4.78 is 17.6. The molecular formula is C19H17FN2O5. The van der Waals surface area contributed by atoms with Crippen molar-refractivity contribution in [1.82, 2.24) is 0 Å². The molecule has 0 bridgehead atoms. The maximum Gasteiger partial charge on any atom is 0.331 e. The quantitative estimate of drug-likeness (QED) is 0.362. The average Bonchev–Trinajstić information content (AvgIpc) is 2.62. The van der Waals surface area contributed by atoms with Crippen LogP contribution in [0.5, 0.6) is 0 Å². The summed E-state index contributed by atoms with van der Waals surface area (Å²) in [6.45, 7) is 2.88. The van der Waals surface area contributed by atoms with E-state index in [1.165, 1.54) is 42.5 Å². The van der Waals surface area contributed by atoms with Crippen LogP contribution in [0.25, 0.3) is 6.08 Å². The van der Waals surface area contributed by atoms with Crippen LogP contribution in [-0.4, -0.2) is 23.4 Å². The predicted octanol–water partition coefficient (Wildman–Crippen LogP) is 3.55. The van der Waals surface area contributed by atoms with E-state index in [-0.39, 0.29) is 11.4 Å². The molecule has 0 aliphatic rings. The van der Waals surface area contributed by atoms with Gasteiger partial charge in [0.15, 0.2) is 6.61 Å². The summed E-state index contributed by atoms with van der Waals surface area (Å²) in [5, 5.41) is 13.5. The molecule has 7 nitrogen and oxygen atoms in total. The number of amides is 1. The predicted molar refractivity (Wildman–Crippen MR) is 97.6 cm³/mol. The normalized spacial score (nSPS) is 10.6. The maximum absolute atomic E-state index is 12.8. The zero-order chi connectivity index (χ0) is 20.0. The van der Waals surface area contributed by atoms with Crippen molar-refractivity contribution < 1.29 is 23.6 Å². The van der Waals surface area contributed by atoms with Gasteiger partial charge < -0.3 is 10.1 Å². The molecule has 2 aromatic rings. The molecule has 1 amide bonds. The van der Waals surface area contributed by atoms with Crippen LogP contribution in [0.2, 0.25) is 0 Å². The monoisotopic (exact) mass is 372 g/mol. The van der Waals surface area contributed by atoms with Crippen molar-refractivity contribution in [2.45, 2.75) is 13.8 Å². The summed E-state index contributed by atoms with van der Waals surface area (Å²) >= 11 is 0. The van der Waals surface area contributed by atoms with E-state index in [0.717, 1.165) is 17.2 Å². The number of benzene rings is 2. The molecule has 8 heteroatoms. The summed E-state index contributed by atoms with van der Waals surface area (Å²) in [7, 11) is 0. The third-order valence-corrected chi connectivity index (χ3v) is 3.71. The molecule has 0 spiro atoms. The Labute approximate surface area is 154 Å². The van der Waals surface area contributed by atoms with Crippen LogP contribution in [0, 0.1) is 29.8 Å². The van der Waals surface area contributed by atoms with Gasteiger partial charge in [0, 0.05) is 12.1 Å². The molecule has 0 radical (unpaired) electrons. The maximum atomic E-state index is 12.8. The minimum atomic E-state index is -0.774. The molecule has 0 heterocycles. The van der Waals surface area contributed by atoms with Gasteiger partial charge >= 0.3 is 5.97 Å². The first kappa shape index (κ1) is 19.8. The van der Waals surface area contributed by atoms with Crippen molar-refractivity contribution in [2.75, 3.05) is 11.9 Å². The van der Waals surface area contributed by atoms with Gasteiger partial charge in [-0.15, -0.1) is 0 Å². The van der Waals surface area contributed by atoms with Crippen molar-refractivity contribution in [3.63, 3.8) is 0 Å². The van der Waals surface area contributed by atoms with Gasteiger partial charge in [0.2, 0.25) is 0 Å². The lowest BCUT2D eigenvalue weighted by molar-refractivity contribution is -0.384. The van der Waals surface area contributed by atoms with E-state index in [1.54, 1.807) is 13.8 Å². The number of halogens is 1. The van der Waals surface area contributed by atoms with Crippen molar-refractivity contribution in [3.8, 4) is 0 Å². The molecule has 0 aromatic heterocycles. The summed E-state index contributed by atoms with van der Waals surface area (Å²) in [6.07, 6.45) is 2.51. The molecule has 0 saturated heterocycles. The molecule has 0 saturated carbocycles. The lowest BCUT2D eigenvalue weighted by Gasteiger charge is -2.09. The minimum Gasteiger partial charge on any atom is -0.452 e. The Morgan fingerprint density at radius 2 is 1.81 bits per heavy atom. The van der Waals surface area contributed by atoms with Gasteiger partial charge in [-0.1, -0.05) is 12.1 Å². The summed E-state index contributed by atoms with van der Waals surface area (Å²) in [5.41, 5.74) is 1.87. The van der Waals surface area contributed by atoms with E-state index in [4.69, 9.17) is 4.74 Å². The Morgan fingerprint density at radius 1 is 1.19 bits per heavy atom. The van der Waals surface area contributed by atoms with Gasteiger partial charge in [-0.25, -0.2) is 9.18 Å². The van der Waals surface area contributed by atoms with E-state index >= 15 is 0 Å². The number of nitrogens with zero attached hydrogens (tertiary/aromatic N) is 1. The molecule has 0 aliphatic heterocycles. The summed E-state index contributed by atoms with van der Waals surface area (Å²) in [4.78, 5) is 34.1. The Hall–Kier alpha value is -3.55. The topological polar surface area (TPSA) is 98.5 Å². The third-order valence-electron chi connectivity index (χ3n) is 3.71. The smallest absolute Gasteiger partial charge is 0.331 e. The molecule has 0 fully saturated rings. The number of ether oxygens (including phenoxy) is 1. The number of hydrogen-bond acceptors (Lipinski definition) is 5. The van der Waals surface area contributed by atoms with Gasteiger partial charge in [0.05, 0.1) is 4.92 Å². The number of nitro groups is 1. The number of hydrogen-bond donors (Lipinski definition) is 1. The Balaban J connectivity index is 1.94. The number of esters is 1. The van der Waals surface area contributed by atoms with Crippen LogP contribution in [-0.2, 0) is 14.3 Å².